The van der Waals surface area contributed by atoms with Crippen molar-refractivity contribution in [1.29, 1.82) is 0 Å². The summed E-state index contributed by atoms with van der Waals surface area (Å²) in [6, 6.07) is 7.02. The molecule has 10 heteroatoms. The Morgan fingerprint density at radius 3 is 2.52 bits per heavy atom. The molecule has 0 bridgehead atoms. The lowest BCUT2D eigenvalue weighted by Gasteiger charge is -2.24. The lowest BCUT2D eigenvalue weighted by atomic mass is 10.1. The third kappa shape index (κ3) is 10.5. The highest BCUT2D eigenvalue weighted by atomic mass is 19.4. The Hall–Kier alpha value is -2.33. The molecule has 1 aromatic rings. The molecule has 0 saturated carbocycles. The maximum Gasteiger partial charge on any atom is 0.411 e. The van der Waals surface area contributed by atoms with Crippen molar-refractivity contribution in [2.75, 3.05) is 40.4 Å². The fourth-order valence-electron chi connectivity index (χ4n) is 2.87. The van der Waals surface area contributed by atoms with Crippen LogP contribution in [0.4, 0.5) is 13.2 Å². The Balaban J connectivity index is 1.90. The van der Waals surface area contributed by atoms with Crippen LogP contribution in [0.5, 0.6) is 0 Å². The number of amides is 1. The quantitative estimate of drug-likeness (QED) is 0.452. The number of halogens is 3. The van der Waals surface area contributed by atoms with Gasteiger partial charge in [-0.1, -0.05) is 24.3 Å². The van der Waals surface area contributed by atoms with E-state index in [0.717, 1.165) is 31.4 Å². The number of nitrogens with zero attached hydrogens (tertiary/aromatic N) is 2. The molecule has 2 rings (SSSR count). The van der Waals surface area contributed by atoms with Gasteiger partial charge in [-0.05, 0) is 30.4 Å². The molecule has 1 saturated heterocycles. The van der Waals surface area contributed by atoms with Crippen molar-refractivity contribution in [3.63, 3.8) is 0 Å². The first-order chi connectivity index (χ1) is 14.7. The number of nitrogens with one attached hydrogen (secondary N) is 2. The van der Waals surface area contributed by atoms with Crippen molar-refractivity contribution in [3.8, 4) is 0 Å². The molecule has 174 valence electrons. The maximum atomic E-state index is 12.2. The predicted octanol–water partition coefficient (Wildman–Crippen LogP) is 2.46. The van der Waals surface area contributed by atoms with Gasteiger partial charge in [-0.3, -0.25) is 4.79 Å². The number of likely N-dealkylation sites (N-methyl/N-ethyl adjacent to an activating group) is 1. The van der Waals surface area contributed by atoms with Crippen molar-refractivity contribution >= 4 is 11.9 Å². The van der Waals surface area contributed by atoms with Crippen LogP contribution in [0, 0.1) is 0 Å². The van der Waals surface area contributed by atoms with E-state index in [2.05, 4.69) is 20.4 Å². The molecular weight excluding hydrogens is 413 g/mol. The largest absolute Gasteiger partial charge is 0.411 e. The number of benzene rings is 1. The molecular formula is C21H31F3N4O3. The first-order valence-electron chi connectivity index (χ1n) is 10.3. The minimum atomic E-state index is -4.33. The smallest absolute Gasteiger partial charge is 0.376 e. The second-order valence-corrected chi connectivity index (χ2v) is 7.60. The lowest BCUT2D eigenvalue weighted by molar-refractivity contribution is -0.176. The monoisotopic (exact) mass is 444 g/mol. The van der Waals surface area contributed by atoms with E-state index in [1.807, 2.05) is 0 Å². The third-order valence-corrected chi connectivity index (χ3v) is 4.65. The number of carbonyl (C=O) groups is 1. The Morgan fingerprint density at radius 1 is 1.19 bits per heavy atom. The summed E-state index contributed by atoms with van der Waals surface area (Å²) in [5.74, 6) is 0.425. The standard InChI is InChI=1S/C21H31F3N4O3/c1-28(2)19(29)13-27-20(26-12-18-5-3-4-10-31-18)25-11-16-6-8-17(9-7-16)14-30-15-21(22,23)24/h6-9,18H,3-5,10-15H2,1-2H3,(H2,25,26,27). The number of hydrogen-bond acceptors (Lipinski definition) is 4. The second-order valence-electron chi connectivity index (χ2n) is 7.60. The maximum absolute atomic E-state index is 12.2. The van der Waals surface area contributed by atoms with Crippen molar-refractivity contribution < 1.29 is 27.4 Å². The van der Waals surface area contributed by atoms with Crippen molar-refractivity contribution in [2.45, 2.75) is 44.7 Å². The van der Waals surface area contributed by atoms with Crippen molar-refractivity contribution in [2.24, 2.45) is 4.99 Å². The van der Waals surface area contributed by atoms with Crippen LogP contribution in [0.3, 0.4) is 0 Å². The summed E-state index contributed by atoms with van der Waals surface area (Å²) >= 11 is 0. The number of rotatable bonds is 9. The number of carbonyl (C=O) groups excluding carboxylic acids is 1. The molecule has 0 spiro atoms. The van der Waals surface area contributed by atoms with Gasteiger partial charge in [0.05, 0.1) is 25.8 Å². The molecule has 1 heterocycles. The Labute approximate surface area is 181 Å². The molecule has 7 nitrogen and oxygen atoms in total. The van der Waals surface area contributed by atoms with E-state index < -0.39 is 12.8 Å². The molecule has 1 amide bonds. The van der Waals surface area contributed by atoms with Crippen LogP contribution in [0.1, 0.15) is 30.4 Å². The van der Waals surface area contributed by atoms with Gasteiger partial charge in [-0.15, -0.1) is 0 Å². The number of alkyl halides is 3. The van der Waals surface area contributed by atoms with Crippen LogP contribution in [0.15, 0.2) is 29.3 Å². The normalized spacial score (nSPS) is 17.3. The van der Waals surface area contributed by atoms with E-state index in [9.17, 15) is 18.0 Å². The molecule has 2 N–H and O–H groups in total. The SMILES string of the molecule is CN(C)C(=O)CNC(=NCc1ccc(COCC(F)(F)F)cc1)NCC1CCCCO1. The predicted molar refractivity (Wildman–Crippen MR) is 112 cm³/mol. The van der Waals surface area contributed by atoms with Crippen molar-refractivity contribution in [3.05, 3.63) is 35.4 Å². The molecule has 1 aromatic carbocycles. The average molecular weight is 444 g/mol. The van der Waals surface area contributed by atoms with Gasteiger partial charge in [0.15, 0.2) is 5.96 Å². The van der Waals surface area contributed by atoms with Crippen LogP contribution in [0.25, 0.3) is 0 Å². The number of aliphatic imine (C=N–C) groups is 1. The van der Waals surface area contributed by atoms with Crippen LogP contribution in [-0.2, 0) is 27.4 Å². The summed E-state index contributed by atoms with van der Waals surface area (Å²) in [7, 11) is 3.37. The first-order valence-corrected chi connectivity index (χ1v) is 10.3. The highest BCUT2D eigenvalue weighted by Crippen LogP contribution is 2.16. The second kappa shape index (κ2) is 12.5. The Bertz CT molecular complexity index is 703. The summed E-state index contributed by atoms with van der Waals surface area (Å²) in [4.78, 5) is 17.9. The molecule has 1 aliphatic rings. The summed E-state index contributed by atoms with van der Waals surface area (Å²) in [6.07, 6.45) is -1.04. The fourth-order valence-corrected chi connectivity index (χ4v) is 2.87. The molecule has 0 aromatic heterocycles. The van der Waals surface area contributed by atoms with E-state index in [0.29, 0.717) is 24.6 Å². The molecule has 0 radical (unpaired) electrons. The van der Waals surface area contributed by atoms with Gasteiger partial charge in [-0.25, -0.2) is 4.99 Å². The van der Waals surface area contributed by atoms with E-state index in [-0.39, 0.29) is 25.2 Å². The first kappa shape index (κ1) is 24.9. The zero-order chi connectivity index (χ0) is 22.7. The van der Waals surface area contributed by atoms with Gasteiger partial charge in [0, 0.05) is 27.2 Å². The molecule has 31 heavy (non-hydrogen) atoms. The number of ether oxygens (including phenoxy) is 2. The van der Waals surface area contributed by atoms with E-state index in [4.69, 9.17) is 4.74 Å². The molecule has 1 fully saturated rings. The van der Waals surface area contributed by atoms with Gasteiger partial charge < -0.3 is 25.0 Å². The van der Waals surface area contributed by atoms with E-state index >= 15 is 0 Å². The zero-order valence-electron chi connectivity index (χ0n) is 18.0. The fraction of sp³-hybridized carbons (Fsp3) is 0.619. The van der Waals surface area contributed by atoms with Gasteiger partial charge in [-0.2, -0.15) is 13.2 Å². The van der Waals surface area contributed by atoms with E-state index in [1.165, 1.54) is 4.90 Å². The van der Waals surface area contributed by atoms with Gasteiger partial charge >= 0.3 is 6.18 Å². The van der Waals surface area contributed by atoms with Crippen LogP contribution >= 0.6 is 0 Å². The molecule has 1 atom stereocenters. The summed E-state index contributed by atoms with van der Waals surface area (Å²) < 4.78 is 46.8. The summed E-state index contributed by atoms with van der Waals surface area (Å²) in [5.41, 5.74) is 1.54. The summed E-state index contributed by atoms with van der Waals surface area (Å²) in [6.45, 7) is 0.435. The third-order valence-electron chi connectivity index (χ3n) is 4.65. The molecule has 1 aliphatic heterocycles. The summed E-state index contributed by atoms with van der Waals surface area (Å²) in [5, 5.41) is 6.25. The number of hydrogen-bond donors (Lipinski definition) is 2. The van der Waals surface area contributed by atoms with Crippen LogP contribution < -0.4 is 10.6 Å². The Morgan fingerprint density at radius 2 is 1.90 bits per heavy atom. The molecule has 0 aliphatic carbocycles. The zero-order valence-corrected chi connectivity index (χ0v) is 18.0. The Kier molecular flexibility index (Phi) is 10.1. The van der Waals surface area contributed by atoms with Gasteiger partial charge in [0.1, 0.15) is 6.61 Å². The van der Waals surface area contributed by atoms with E-state index in [1.54, 1.807) is 38.4 Å². The highest BCUT2D eigenvalue weighted by molar-refractivity contribution is 5.86. The van der Waals surface area contributed by atoms with Crippen LogP contribution in [0.2, 0.25) is 0 Å². The highest BCUT2D eigenvalue weighted by Gasteiger charge is 2.27. The van der Waals surface area contributed by atoms with Gasteiger partial charge in [0.25, 0.3) is 0 Å². The van der Waals surface area contributed by atoms with Crippen LogP contribution in [-0.4, -0.2) is 69.4 Å². The minimum absolute atomic E-state index is 0.0772. The lowest BCUT2D eigenvalue weighted by Crippen LogP contribution is -2.45. The van der Waals surface area contributed by atoms with Gasteiger partial charge in [0.2, 0.25) is 5.91 Å². The van der Waals surface area contributed by atoms with Crippen molar-refractivity contribution in [1.82, 2.24) is 15.5 Å². The topological polar surface area (TPSA) is 75.2 Å². The number of guanidine groups is 1. The average Bonchev–Trinajstić information content (AvgIpc) is 2.73. The minimum Gasteiger partial charge on any atom is -0.376 e. The molecule has 1 unspecified atom stereocenters.